The fourth-order valence-electron chi connectivity index (χ4n) is 2.37. The van der Waals surface area contributed by atoms with Gasteiger partial charge in [-0.15, -0.1) is 0 Å². The summed E-state index contributed by atoms with van der Waals surface area (Å²) in [5.41, 5.74) is 0.976. The van der Waals surface area contributed by atoms with Crippen molar-refractivity contribution in [3.63, 3.8) is 0 Å². The Bertz CT molecular complexity index is 574. The summed E-state index contributed by atoms with van der Waals surface area (Å²) in [5.74, 6) is -0.383. The summed E-state index contributed by atoms with van der Waals surface area (Å²) in [7, 11) is 0. The van der Waals surface area contributed by atoms with Crippen LogP contribution in [0.2, 0.25) is 0 Å². The van der Waals surface area contributed by atoms with E-state index in [-0.39, 0.29) is 17.9 Å². The van der Waals surface area contributed by atoms with Gasteiger partial charge in [-0.25, -0.2) is 0 Å². The standard InChI is InChI=1S/C15H19NO4/c1-2-3-9-20-15(19)10-16-12-5-4-6-13(17)11(12)7-8-14(16)18/h7-8H,2-6,9-10H2,1H3. The van der Waals surface area contributed by atoms with Crippen LogP contribution in [0.4, 0.5) is 0 Å². The normalized spacial score (nSPS) is 13.9. The van der Waals surface area contributed by atoms with Gasteiger partial charge in [0, 0.05) is 23.7 Å². The highest BCUT2D eigenvalue weighted by atomic mass is 16.5. The number of ketones is 1. The smallest absolute Gasteiger partial charge is 0.326 e. The van der Waals surface area contributed by atoms with Gasteiger partial charge >= 0.3 is 5.97 Å². The molecule has 2 rings (SSSR count). The minimum absolute atomic E-state index is 0.0411. The first-order chi connectivity index (χ1) is 9.63. The van der Waals surface area contributed by atoms with Gasteiger partial charge in [0.15, 0.2) is 5.78 Å². The molecule has 5 heteroatoms. The maximum Gasteiger partial charge on any atom is 0.326 e. The number of unbranched alkanes of at least 4 members (excludes halogenated alkanes) is 1. The summed E-state index contributed by atoms with van der Waals surface area (Å²) < 4.78 is 6.45. The number of hydrogen-bond acceptors (Lipinski definition) is 4. The molecule has 0 aliphatic heterocycles. The first-order valence-electron chi connectivity index (χ1n) is 7.05. The number of fused-ring (bicyclic) bond motifs is 1. The second-order valence-corrected chi connectivity index (χ2v) is 4.97. The van der Waals surface area contributed by atoms with E-state index in [2.05, 4.69) is 0 Å². The summed E-state index contributed by atoms with van der Waals surface area (Å²) in [6, 6.07) is 2.92. The van der Waals surface area contributed by atoms with Crippen LogP contribution in [0.5, 0.6) is 0 Å². The fourth-order valence-corrected chi connectivity index (χ4v) is 2.37. The first-order valence-corrected chi connectivity index (χ1v) is 7.05. The number of pyridine rings is 1. The van der Waals surface area contributed by atoms with Crippen LogP contribution in [0, 0.1) is 0 Å². The van der Waals surface area contributed by atoms with Gasteiger partial charge < -0.3 is 9.30 Å². The number of ether oxygens (including phenoxy) is 1. The third-order valence-electron chi connectivity index (χ3n) is 3.46. The lowest BCUT2D eigenvalue weighted by molar-refractivity contribution is -0.144. The first kappa shape index (κ1) is 14.5. The van der Waals surface area contributed by atoms with E-state index in [4.69, 9.17) is 4.74 Å². The molecule has 0 amide bonds. The molecule has 0 atom stereocenters. The monoisotopic (exact) mass is 277 g/mol. The Labute approximate surface area is 117 Å². The molecule has 0 aromatic carbocycles. The van der Waals surface area contributed by atoms with E-state index in [1.165, 1.54) is 10.6 Å². The zero-order valence-electron chi connectivity index (χ0n) is 11.7. The maximum absolute atomic E-state index is 11.9. The molecule has 1 aliphatic carbocycles. The quantitative estimate of drug-likeness (QED) is 0.607. The molecular formula is C15H19NO4. The lowest BCUT2D eigenvalue weighted by Crippen LogP contribution is -2.31. The fraction of sp³-hybridized carbons (Fsp3) is 0.533. The SMILES string of the molecule is CCCCOC(=O)Cn1c2c(ccc1=O)C(=O)CCC2. The maximum atomic E-state index is 11.9. The number of rotatable bonds is 5. The predicted molar refractivity (Wildman–Crippen MR) is 73.8 cm³/mol. The molecule has 0 spiro atoms. The predicted octanol–water partition coefficient (Wildman–Crippen LogP) is 1.71. The van der Waals surface area contributed by atoms with Crippen molar-refractivity contribution in [1.29, 1.82) is 0 Å². The summed E-state index contributed by atoms with van der Waals surface area (Å²) >= 11 is 0. The van der Waals surface area contributed by atoms with Gasteiger partial charge in [0.2, 0.25) is 0 Å². The van der Waals surface area contributed by atoms with Gasteiger partial charge in [-0.3, -0.25) is 14.4 Å². The van der Waals surface area contributed by atoms with Crippen molar-refractivity contribution < 1.29 is 14.3 Å². The summed E-state index contributed by atoms with van der Waals surface area (Å²) in [5, 5.41) is 0. The van der Waals surface area contributed by atoms with Gasteiger partial charge in [-0.05, 0) is 25.3 Å². The molecule has 5 nitrogen and oxygen atoms in total. The zero-order valence-corrected chi connectivity index (χ0v) is 11.7. The molecule has 0 saturated heterocycles. The van der Waals surface area contributed by atoms with Crippen LogP contribution in [0.25, 0.3) is 0 Å². The number of carbonyl (C=O) groups is 2. The molecule has 20 heavy (non-hydrogen) atoms. The van der Waals surface area contributed by atoms with Crippen LogP contribution in [0.15, 0.2) is 16.9 Å². The van der Waals surface area contributed by atoms with Crippen molar-refractivity contribution in [2.24, 2.45) is 0 Å². The van der Waals surface area contributed by atoms with Crippen LogP contribution in [0.3, 0.4) is 0 Å². The largest absolute Gasteiger partial charge is 0.464 e. The van der Waals surface area contributed by atoms with E-state index < -0.39 is 5.97 Å². The highest BCUT2D eigenvalue weighted by molar-refractivity contribution is 5.98. The summed E-state index contributed by atoms with van der Waals surface area (Å²) in [4.78, 5) is 35.5. The van der Waals surface area contributed by atoms with E-state index in [1.807, 2.05) is 6.92 Å². The Morgan fingerprint density at radius 3 is 2.85 bits per heavy atom. The zero-order chi connectivity index (χ0) is 14.5. The van der Waals surface area contributed by atoms with E-state index in [0.717, 1.165) is 19.3 Å². The van der Waals surface area contributed by atoms with Crippen molar-refractivity contribution in [2.45, 2.75) is 45.6 Å². The average molecular weight is 277 g/mol. The van der Waals surface area contributed by atoms with Crippen LogP contribution in [0.1, 0.15) is 48.7 Å². The Morgan fingerprint density at radius 2 is 2.10 bits per heavy atom. The Hall–Kier alpha value is -1.91. The molecule has 1 aromatic rings. The van der Waals surface area contributed by atoms with Gasteiger partial charge in [0.25, 0.3) is 5.56 Å². The number of hydrogen-bond donors (Lipinski definition) is 0. The van der Waals surface area contributed by atoms with Crippen molar-refractivity contribution >= 4 is 11.8 Å². The molecule has 0 unspecified atom stereocenters. The van der Waals surface area contributed by atoms with E-state index in [0.29, 0.717) is 30.7 Å². The van der Waals surface area contributed by atoms with Crippen LogP contribution in [-0.4, -0.2) is 22.9 Å². The van der Waals surface area contributed by atoms with Crippen molar-refractivity contribution in [3.05, 3.63) is 33.7 Å². The Morgan fingerprint density at radius 1 is 1.30 bits per heavy atom. The molecule has 1 aromatic heterocycles. The second kappa shape index (κ2) is 6.50. The minimum Gasteiger partial charge on any atom is -0.464 e. The highest BCUT2D eigenvalue weighted by Gasteiger charge is 2.21. The third kappa shape index (κ3) is 3.15. The average Bonchev–Trinajstić information content (AvgIpc) is 2.43. The topological polar surface area (TPSA) is 65.4 Å². The molecule has 0 bridgehead atoms. The van der Waals surface area contributed by atoms with Crippen molar-refractivity contribution in [3.8, 4) is 0 Å². The van der Waals surface area contributed by atoms with E-state index >= 15 is 0 Å². The minimum atomic E-state index is -0.424. The molecule has 0 fully saturated rings. The Balaban J connectivity index is 2.19. The molecule has 0 N–H and O–H groups in total. The lowest BCUT2D eigenvalue weighted by Gasteiger charge is -2.19. The number of aromatic nitrogens is 1. The number of carbonyl (C=O) groups excluding carboxylic acids is 2. The van der Waals surface area contributed by atoms with Crippen LogP contribution < -0.4 is 5.56 Å². The molecular weight excluding hydrogens is 258 g/mol. The molecule has 1 heterocycles. The van der Waals surface area contributed by atoms with E-state index in [9.17, 15) is 14.4 Å². The van der Waals surface area contributed by atoms with Crippen LogP contribution in [-0.2, 0) is 22.5 Å². The lowest BCUT2D eigenvalue weighted by atomic mass is 9.94. The second-order valence-electron chi connectivity index (χ2n) is 4.97. The van der Waals surface area contributed by atoms with Gasteiger partial charge in [-0.1, -0.05) is 13.3 Å². The number of esters is 1. The van der Waals surface area contributed by atoms with E-state index in [1.54, 1.807) is 6.07 Å². The number of nitrogens with zero attached hydrogens (tertiary/aromatic N) is 1. The van der Waals surface area contributed by atoms with Crippen LogP contribution >= 0.6 is 0 Å². The van der Waals surface area contributed by atoms with Gasteiger partial charge in [0.1, 0.15) is 6.54 Å². The number of Topliss-reactive ketones (excluding diaryl/α,β-unsaturated/α-hetero) is 1. The third-order valence-corrected chi connectivity index (χ3v) is 3.46. The molecule has 1 aliphatic rings. The molecule has 0 radical (unpaired) electrons. The molecule has 0 saturated carbocycles. The Kier molecular flexibility index (Phi) is 4.71. The summed E-state index contributed by atoms with van der Waals surface area (Å²) in [6.45, 7) is 2.27. The highest BCUT2D eigenvalue weighted by Crippen LogP contribution is 2.19. The van der Waals surface area contributed by atoms with Gasteiger partial charge in [-0.2, -0.15) is 0 Å². The van der Waals surface area contributed by atoms with Crippen molar-refractivity contribution in [2.75, 3.05) is 6.61 Å². The summed E-state index contributed by atoms with van der Waals surface area (Å²) in [6.07, 6.45) is 3.64. The van der Waals surface area contributed by atoms with Crippen molar-refractivity contribution in [1.82, 2.24) is 4.57 Å². The van der Waals surface area contributed by atoms with Gasteiger partial charge in [0.05, 0.1) is 6.61 Å². The molecule has 108 valence electrons.